The summed E-state index contributed by atoms with van der Waals surface area (Å²) in [5.41, 5.74) is 0.611. The molecule has 1 fully saturated rings. The standard InChI is InChI=1S/C14H16FNO4.C2H6/c15-11-6-4-10(5-7-11)12(17)2-1-3-13(18)16-8-9-20-14(16)19;1-2/h4-7,12,17H,1-3,8-9H2;1-2H3. The summed E-state index contributed by atoms with van der Waals surface area (Å²) in [7, 11) is 0. The zero-order chi connectivity index (χ0) is 16.5. The van der Waals surface area contributed by atoms with Crippen LogP contribution in [0.5, 0.6) is 0 Å². The predicted octanol–water partition coefficient (Wildman–Crippen LogP) is 3.03. The van der Waals surface area contributed by atoms with Gasteiger partial charge in [0.2, 0.25) is 5.91 Å². The van der Waals surface area contributed by atoms with Gasteiger partial charge in [-0.2, -0.15) is 0 Å². The molecule has 1 heterocycles. The maximum Gasteiger partial charge on any atom is 0.416 e. The predicted molar refractivity (Wildman–Crippen MR) is 79.6 cm³/mol. The van der Waals surface area contributed by atoms with Gasteiger partial charge in [-0.3, -0.25) is 4.79 Å². The number of halogens is 1. The van der Waals surface area contributed by atoms with E-state index in [4.69, 9.17) is 0 Å². The first kappa shape index (κ1) is 18.1. The Labute approximate surface area is 129 Å². The van der Waals surface area contributed by atoms with Crippen LogP contribution in [-0.2, 0) is 9.53 Å². The molecule has 0 radical (unpaired) electrons. The number of cyclic esters (lactones) is 1. The fraction of sp³-hybridized carbons (Fsp3) is 0.500. The fourth-order valence-electron chi connectivity index (χ4n) is 2.05. The van der Waals surface area contributed by atoms with Gasteiger partial charge in [0, 0.05) is 6.42 Å². The first-order chi connectivity index (χ1) is 10.6. The Morgan fingerprint density at radius 2 is 2.00 bits per heavy atom. The summed E-state index contributed by atoms with van der Waals surface area (Å²) in [5, 5.41) is 9.90. The molecule has 1 N–H and O–H groups in total. The van der Waals surface area contributed by atoms with Crippen molar-refractivity contribution >= 4 is 12.0 Å². The van der Waals surface area contributed by atoms with Crippen molar-refractivity contribution in [3.8, 4) is 0 Å². The monoisotopic (exact) mass is 311 g/mol. The van der Waals surface area contributed by atoms with Crippen molar-refractivity contribution in [1.82, 2.24) is 4.90 Å². The maximum absolute atomic E-state index is 12.7. The first-order valence-electron chi connectivity index (χ1n) is 7.48. The molecule has 0 spiro atoms. The maximum atomic E-state index is 12.7. The molecule has 2 rings (SSSR count). The highest BCUT2D eigenvalue weighted by Crippen LogP contribution is 2.20. The smallest absolute Gasteiger partial charge is 0.416 e. The molecule has 1 saturated heterocycles. The van der Waals surface area contributed by atoms with Crippen LogP contribution in [0.4, 0.5) is 9.18 Å². The van der Waals surface area contributed by atoms with Gasteiger partial charge in [-0.25, -0.2) is 14.1 Å². The number of aliphatic hydroxyl groups excluding tert-OH is 1. The lowest BCUT2D eigenvalue weighted by atomic mass is 10.0. The van der Waals surface area contributed by atoms with Crippen LogP contribution in [0.15, 0.2) is 24.3 Å². The molecule has 1 unspecified atom stereocenters. The minimum Gasteiger partial charge on any atom is -0.447 e. The average molecular weight is 311 g/mol. The summed E-state index contributed by atoms with van der Waals surface area (Å²) in [6, 6.07) is 5.59. The topological polar surface area (TPSA) is 66.8 Å². The molecule has 1 aliphatic rings. The van der Waals surface area contributed by atoms with E-state index in [1.807, 2.05) is 13.8 Å². The Kier molecular flexibility index (Phi) is 7.52. The van der Waals surface area contributed by atoms with Gasteiger partial charge in [-0.05, 0) is 30.5 Å². The van der Waals surface area contributed by atoms with Crippen LogP contribution in [0.2, 0.25) is 0 Å². The number of hydrogen-bond donors (Lipinski definition) is 1. The molecule has 5 nitrogen and oxygen atoms in total. The van der Waals surface area contributed by atoms with Crippen LogP contribution < -0.4 is 0 Å². The van der Waals surface area contributed by atoms with Crippen molar-refractivity contribution in [2.45, 2.75) is 39.2 Å². The van der Waals surface area contributed by atoms with E-state index in [0.29, 0.717) is 18.4 Å². The highest BCUT2D eigenvalue weighted by atomic mass is 19.1. The third-order valence-electron chi connectivity index (χ3n) is 3.18. The number of nitrogens with zero attached hydrogens (tertiary/aromatic N) is 1. The van der Waals surface area contributed by atoms with Crippen LogP contribution >= 0.6 is 0 Å². The molecular weight excluding hydrogens is 289 g/mol. The molecule has 122 valence electrons. The Morgan fingerprint density at radius 1 is 1.36 bits per heavy atom. The number of aliphatic hydroxyl groups is 1. The Bertz CT molecular complexity index is 489. The van der Waals surface area contributed by atoms with Crippen molar-refractivity contribution in [2.24, 2.45) is 0 Å². The summed E-state index contributed by atoms with van der Waals surface area (Å²) in [6.07, 6.45) is -0.350. The molecule has 0 aliphatic carbocycles. The molecule has 1 aromatic carbocycles. The average Bonchev–Trinajstić information content (AvgIpc) is 2.96. The zero-order valence-electron chi connectivity index (χ0n) is 12.9. The molecule has 0 aromatic heterocycles. The van der Waals surface area contributed by atoms with Crippen molar-refractivity contribution in [2.75, 3.05) is 13.2 Å². The quantitative estimate of drug-likeness (QED) is 0.907. The number of carbonyl (C=O) groups excluding carboxylic acids is 2. The van der Waals surface area contributed by atoms with E-state index in [1.165, 1.54) is 24.3 Å². The lowest BCUT2D eigenvalue weighted by molar-refractivity contribution is -0.127. The summed E-state index contributed by atoms with van der Waals surface area (Å²) >= 11 is 0. The molecule has 22 heavy (non-hydrogen) atoms. The van der Waals surface area contributed by atoms with E-state index in [1.54, 1.807) is 0 Å². The van der Waals surface area contributed by atoms with Gasteiger partial charge in [0.15, 0.2) is 0 Å². The largest absolute Gasteiger partial charge is 0.447 e. The van der Waals surface area contributed by atoms with Gasteiger partial charge in [-0.15, -0.1) is 0 Å². The van der Waals surface area contributed by atoms with Crippen molar-refractivity contribution in [3.05, 3.63) is 35.6 Å². The fourth-order valence-corrected chi connectivity index (χ4v) is 2.05. The minimum absolute atomic E-state index is 0.174. The summed E-state index contributed by atoms with van der Waals surface area (Å²) in [6.45, 7) is 4.53. The highest BCUT2D eigenvalue weighted by Gasteiger charge is 2.27. The van der Waals surface area contributed by atoms with Gasteiger partial charge in [0.25, 0.3) is 0 Å². The van der Waals surface area contributed by atoms with E-state index in [2.05, 4.69) is 4.74 Å². The van der Waals surface area contributed by atoms with Crippen LogP contribution in [0, 0.1) is 5.82 Å². The molecular formula is C16H22FNO4. The Hall–Kier alpha value is -1.95. The van der Waals surface area contributed by atoms with E-state index >= 15 is 0 Å². The molecule has 0 saturated carbocycles. The van der Waals surface area contributed by atoms with Crippen molar-refractivity contribution < 1.29 is 23.8 Å². The number of carbonyl (C=O) groups is 2. The van der Waals surface area contributed by atoms with E-state index in [9.17, 15) is 19.1 Å². The van der Waals surface area contributed by atoms with Gasteiger partial charge in [0.1, 0.15) is 12.4 Å². The van der Waals surface area contributed by atoms with Crippen LogP contribution in [0.3, 0.4) is 0 Å². The Balaban J connectivity index is 0.00000116. The van der Waals surface area contributed by atoms with Gasteiger partial charge in [-0.1, -0.05) is 26.0 Å². The second kappa shape index (κ2) is 9.15. The van der Waals surface area contributed by atoms with E-state index < -0.39 is 12.2 Å². The number of amides is 2. The SMILES string of the molecule is CC.O=C(CCCC(O)c1ccc(F)cc1)N1CCOC1=O. The van der Waals surface area contributed by atoms with E-state index in [0.717, 1.165) is 4.90 Å². The lowest BCUT2D eigenvalue weighted by Crippen LogP contribution is -2.31. The van der Waals surface area contributed by atoms with Crippen LogP contribution in [-0.4, -0.2) is 35.2 Å². The van der Waals surface area contributed by atoms with Gasteiger partial charge in [0.05, 0.1) is 12.6 Å². The molecule has 6 heteroatoms. The highest BCUT2D eigenvalue weighted by molar-refractivity contribution is 5.92. The minimum atomic E-state index is -0.742. The second-order valence-electron chi connectivity index (χ2n) is 4.62. The normalized spacial score (nSPS) is 14.9. The van der Waals surface area contributed by atoms with Crippen LogP contribution in [0.1, 0.15) is 44.8 Å². The first-order valence-corrected chi connectivity index (χ1v) is 7.48. The Morgan fingerprint density at radius 3 is 2.55 bits per heavy atom. The zero-order valence-corrected chi connectivity index (χ0v) is 12.9. The molecule has 1 aromatic rings. The van der Waals surface area contributed by atoms with Crippen LogP contribution in [0.25, 0.3) is 0 Å². The second-order valence-corrected chi connectivity index (χ2v) is 4.62. The number of hydrogen-bond acceptors (Lipinski definition) is 4. The molecule has 1 atom stereocenters. The third-order valence-corrected chi connectivity index (χ3v) is 3.18. The lowest BCUT2D eigenvalue weighted by Gasteiger charge is -2.13. The number of rotatable bonds is 5. The van der Waals surface area contributed by atoms with Gasteiger partial charge < -0.3 is 9.84 Å². The van der Waals surface area contributed by atoms with E-state index in [-0.39, 0.29) is 31.3 Å². The number of benzene rings is 1. The molecule has 1 aliphatic heterocycles. The summed E-state index contributed by atoms with van der Waals surface area (Å²) in [4.78, 5) is 24.0. The molecule has 0 bridgehead atoms. The summed E-state index contributed by atoms with van der Waals surface area (Å²) < 4.78 is 17.4. The number of imide groups is 1. The molecule has 2 amide bonds. The summed E-state index contributed by atoms with van der Waals surface area (Å²) in [5.74, 6) is -0.650. The number of ether oxygens (including phenoxy) is 1. The van der Waals surface area contributed by atoms with Crippen molar-refractivity contribution in [1.29, 1.82) is 0 Å². The van der Waals surface area contributed by atoms with Crippen molar-refractivity contribution in [3.63, 3.8) is 0 Å². The third kappa shape index (κ3) is 5.11. The van der Waals surface area contributed by atoms with Gasteiger partial charge >= 0.3 is 6.09 Å².